The summed E-state index contributed by atoms with van der Waals surface area (Å²) in [5.41, 5.74) is 4.04. The predicted molar refractivity (Wildman–Crippen MR) is 59.3 cm³/mol. The second kappa shape index (κ2) is 4.10. The Hall–Kier alpha value is -1.56. The van der Waals surface area contributed by atoms with Gasteiger partial charge in [-0.1, -0.05) is 54.1 Å². The van der Waals surface area contributed by atoms with Crippen LogP contribution in [0, 0.1) is 13.0 Å². The van der Waals surface area contributed by atoms with Crippen molar-refractivity contribution in [3.63, 3.8) is 0 Å². The van der Waals surface area contributed by atoms with Crippen molar-refractivity contribution in [3.8, 4) is 0 Å². The van der Waals surface area contributed by atoms with Crippen LogP contribution >= 0.6 is 0 Å². The van der Waals surface area contributed by atoms with Gasteiger partial charge in [0.05, 0.1) is 0 Å². The first kappa shape index (κ1) is 9.01. The number of rotatable bonds is 2. The second-order valence-electron chi connectivity index (χ2n) is 3.57. The summed E-state index contributed by atoms with van der Waals surface area (Å²) in [5.74, 6) is 0. The zero-order valence-corrected chi connectivity index (χ0v) is 8.33. The standard InChI is InChI=1S/C14H13/c1-12-6-5-9-14(10-12)11-13-7-3-2-4-8-13/h3-10H,11H2,1H3. The van der Waals surface area contributed by atoms with Gasteiger partial charge in [-0.25, -0.2) is 0 Å². The van der Waals surface area contributed by atoms with Crippen molar-refractivity contribution in [2.45, 2.75) is 13.3 Å². The van der Waals surface area contributed by atoms with Crippen molar-refractivity contribution in [2.24, 2.45) is 0 Å². The Labute approximate surface area is 85.2 Å². The van der Waals surface area contributed by atoms with Crippen LogP contribution in [0.25, 0.3) is 0 Å². The van der Waals surface area contributed by atoms with Crippen LogP contribution in [0.5, 0.6) is 0 Å². The third-order valence-corrected chi connectivity index (χ3v) is 2.28. The van der Waals surface area contributed by atoms with E-state index in [0.717, 1.165) is 6.42 Å². The van der Waals surface area contributed by atoms with Gasteiger partial charge in [0, 0.05) is 0 Å². The highest BCUT2D eigenvalue weighted by Crippen LogP contribution is 2.10. The SMILES string of the molecule is Cc1cccc(Cc2cc[c]cc2)c1. The first-order valence-electron chi connectivity index (χ1n) is 4.85. The van der Waals surface area contributed by atoms with E-state index in [2.05, 4.69) is 49.4 Å². The Morgan fingerprint density at radius 2 is 1.79 bits per heavy atom. The van der Waals surface area contributed by atoms with E-state index in [4.69, 9.17) is 0 Å². The minimum atomic E-state index is 1.01. The summed E-state index contributed by atoms with van der Waals surface area (Å²) in [4.78, 5) is 0. The minimum absolute atomic E-state index is 1.01. The van der Waals surface area contributed by atoms with E-state index >= 15 is 0 Å². The van der Waals surface area contributed by atoms with Crippen molar-refractivity contribution in [3.05, 3.63) is 71.3 Å². The largest absolute Gasteiger partial charge is 0.0617 e. The van der Waals surface area contributed by atoms with Gasteiger partial charge in [0.2, 0.25) is 0 Å². The molecule has 0 spiro atoms. The molecule has 0 aromatic heterocycles. The van der Waals surface area contributed by atoms with Crippen LogP contribution in [0.2, 0.25) is 0 Å². The Morgan fingerprint density at radius 1 is 1.00 bits per heavy atom. The van der Waals surface area contributed by atoms with Crippen molar-refractivity contribution in [2.75, 3.05) is 0 Å². The Morgan fingerprint density at radius 3 is 2.50 bits per heavy atom. The van der Waals surface area contributed by atoms with Gasteiger partial charge in [-0.2, -0.15) is 0 Å². The Kier molecular flexibility index (Phi) is 2.64. The zero-order chi connectivity index (χ0) is 9.80. The van der Waals surface area contributed by atoms with Gasteiger partial charge in [-0.15, -0.1) is 0 Å². The Balaban J connectivity index is 2.19. The quantitative estimate of drug-likeness (QED) is 0.666. The molecule has 0 fully saturated rings. The third-order valence-electron chi connectivity index (χ3n) is 2.28. The van der Waals surface area contributed by atoms with Crippen LogP contribution in [0.15, 0.2) is 48.5 Å². The molecule has 0 nitrogen and oxygen atoms in total. The maximum absolute atomic E-state index is 3.03. The zero-order valence-electron chi connectivity index (χ0n) is 8.33. The highest BCUT2D eigenvalue weighted by Gasteiger charge is 1.94. The van der Waals surface area contributed by atoms with Crippen LogP contribution < -0.4 is 0 Å². The molecule has 0 aliphatic heterocycles. The number of aryl methyl sites for hydroxylation is 1. The molecule has 2 aromatic rings. The van der Waals surface area contributed by atoms with Gasteiger partial charge in [-0.05, 0) is 30.5 Å². The molecule has 1 radical (unpaired) electrons. The summed E-state index contributed by atoms with van der Waals surface area (Å²) < 4.78 is 0. The van der Waals surface area contributed by atoms with Crippen LogP contribution in [0.3, 0.4) is 0 Å². The highest BCUT2D eigenvalue weighted by molar-refractivity contribution is 5.28. The molecule has 0 saturated heterocycles. The van der Waals surface area contributed by atoms with Crippen LogP contribution in [0.4, 0.5) is 0 Å². The van der Waals surface area contributed by atoms with Crippen molar-refractivity contribution in [1.29, 1.82) is 0 Å². The molecule has 69 valence electrons. The highest BCUT2D eigenvalue weighted by atomic mass is 14.0. The lowest BCUT2D eigenvalue weighted by atomic mass is 10.0. The monoisotopic (exact) mass is 181 g/mol. The fourth-order valence-electron chi connectivity index (χ4n) is 1.60. The van der Waals surface area contributed by atoms with E-state index in [-0.39, 0.29) is 0 Å². The number of hydrogen-bond acceptors (Lipinski definition) is 0. The average molecular weight is 181 g/mol. The van der Waals surface area contributed by atoms with E-state index in [1.807, 2.05) is 12.1 Å². The molecule has 14 heavy (non-hydrogen) atoms. The van der Waals surface area contributed by atoms with Crippen molar-refractivity contribution >= 4 is 0 Å². The summed E-state index contributed by atoms with van der Waals surface area (Å²) >= 11 is 0. The average Bonchev–Trinajstić information content (AvgIpc) is 2.19. The Bertz CT molecular complexity index is 401. The lowest BCUT2D eigenvalue weighted by Gasteiger charge is -2.02. The smallest absolute Gasteiger partial charge is 0.00257 e. The summed E-state index contributed by atoms with van der Waals surface area (Å²) in [5, 5.41) is 0. The first-order chi connectivity index (χ1) is 6.84. The summed E-state index contributed by atoms with van der Waals surface area (Å²) in [7, 11) is 0. The van der Waals surface area contributed by atoms with E-state index in [0.29, 0.717) is 0 Å². The van der Waals surface area contributed by atoms with Gasteiger partial charge in [0.15, 0.2) is 0 Å². The fourth-order valence-corrected chi connectivity index (χ4v) is 1.60. The van der Waals surface area contributed by atoms with Gasteiger partial charge in [0.1, 0.15) is 0 Å². The van der Waals surface area contributed by atoms with E-state index in [1.54, 1.807) is 0 Å². The molecule has 0 amide bonds. The maximum atomic E-state index is 3.03. The molecular formula is C14H13. The molecule has 0 heteroatoms. The van der Waals surface area contributed by atoms with Gasteiger partial charge in [-0.3, -0.25) is 0 Å². The first-order valence-corrected chi connectivity index (χ1v) is 4.85. The minimum Gasteiger partial charge on any atom is -0.0617 e. The van der Waals surface area contributed by atoms with Crippen molar-refractivity contribution < 1.29 is 0 Å². The summed E-state index contributed by atoms with van der Waals surface area (Å²) in [6, 6.07) is 19.8. The second-order valence-corrected chi connectivity index (χ2v) is 3.57. The van der Waals surface area contributed by atoms with Crippen LogP contribution in [0.1, 0.15) is 16.7 Å². The number of hydrogen-bond donors (Lipinski definition) is 0. The van der Waals surface area contributed by atoms with E-state index in [9.17, 15) is 0 Å². The molecule has 2 rings (SSSR count). The molecule has 2 aromatic carbocycles. The molecule has 0 aliphatic carbocycles. The summed E-state index contributed by atoms with van der Waals surface area (Å²) in [6.45, 7) is 2.13. The molecule has 0 atom stereocenters. The normalized spacial score (nSPS) is 10.1. The topological polar surface area (TPSA) is 0 Å². The molecule has 0 bridgehead atoms. The third kappa shape index (κ3) is 2.23. The predicted octanol–water partition coefficient (Wildman–Crippen LogP) is 3.39. The molecule has 0 heterocycles. The van der Waals surface area contributed by atoms with E-state index in [1.165, 1.54) is 16.7 Å². The maximum Gasteiger partial charge on any atom is -0.00257 e. The number of benzene rings is 2. The lowest BCUT2D eigenvalue weighted by Crippen LogP contribution is -1.87. The molecular weight excluding hydrogens is 168 g/mol. The van der Waals surface area contributed by atoms with Gasteiger partial charge < -0.3 is 0 Å². The van der Waals surface area contributed by atoms with Crippen LogP contribution in [-0.2, 0) is 6.42 Å². The molecule has 0 aliphatic rings. The lowest BCUT2D eigenvalue weighted by molar-refractivity contribution is 1.18. The van der Waals surface area contributed by atoms with Crippen LogP contribution in [-0.4, -0.2) is 0 Å². The molecule has 0 N–H and O–H groups in total. The van der Waals surface area contributed by atoms with E-state index < -0.39 is 0 Å². The molecule has 0 saturated carbocycles. The van der Waals surface area contributed by atoms with Gasteiger partial charge in [0.25, 0.3) is 0 Å². The van der Waals surface area contributed by atoms with Crippen molar-refractivity contribution in [1.82, 2.24) is 0 Å². The summed E-state index contributed by atoms with van der Waals surface area (Å²) in [6.07, 6.45) is 1.01. The van der Waals surface area contributed by atoms with Gasteiger partial charge >= 0.3 is 0 Å². The molecule has 0 unspecified atom stereocenters. The fraction of sp³-hybridized carbons (Fsp3) is 0.143.